The molecule has 0 heterocycles. The van der Waals surface area contributed by atoms with E-state index in [1.165, 1.54) is 4.31 Å². The van der Waals surface area contributed by atoms with Gasteiger partial charge < -0.3 is 10.2 Å². The van der Waals surface area contributed by atoms with Crippen LogP contribution in [0.2, 0.25) is 0 Å². The molecule has 0 saturated heterocycles. The summed E-state index contributed by atoms with van der Waals surface area (Å²) >= 11 is 0. The number of carbonyl (C=O) groups excluding carboxylic acids is 2. The number of amides is 2. The van der Waals surface area contributed by atoms with E-state index >= 15 is 0 Å². The van der Waals surface area contributed by atoms with Crippen molar-refractivity contribution in [3.63, 3.8) is 0 Å². The highest BCUT2D eigenvalue weighted by Gasteiger charge is 2.28. The minimum atomic E-state index is -3.49. The first kappa shape index (κ1) is 28.4. The molecule has 0 aliphatic rings. The maximum absolute atomic E-state index is 13.4. The molecule has 0 saturated carbocycles. The number of sulfonamides is 1. The van der Waals surface area contributed by atoms with Crippen LogP contribution in [0.15, 0.2) is 54.6 Å². The van der Waals surface area contributed by atoms with E-state index in [2.05, 4.69) is 5.32 Å². The van der Waals surface area contributed by atoms with Crippen molar-refractivity contribution in [3.05, 3.63) is 65.7 Å². The fourth-order valence-corrected chi connectivity index (χ4v) is 4.80. The molecule has 2 rings (SSSR count). The number of nitrogens with one attached hydrogen (secondary N) is 1. The number of aryl methyl sites for hydroxylation is 1. The van der Waals surface area contributed by atoms with Crippen molar-refractivity contribution in [2.45, 2.75) is 59.5 Å². The van der Waals surface area contributed by atoms with Crippen LogP contribution in [0.3, 0.4) is 0 Å². The quantitative estimate of drug-likeness (QED) is 0.447. The summed E-state index contributed by atoms with van der Waals surface area (Å²) in [6, 6.07) is 16.2. The van der Waals surface area contributed by atoms with Crippen molar-refractivity contribution in [3.8, 4) is 0 Å². The van der Waals surface area contributed by atoms with Gasteiger partial charge in [-0.3, -0.25) is 13.9 Å². The van der Waals surface area contributed by atoms with Gasteiger partial charge in [0.05, 0.1) is 11.9 Å². The number of nitrogens with zero attached hydrogens (tertiary/aromatic N) is 2. The summed E-state index contributed by atoms with van der Waals surface area (Å²) in [6.45, 7) is 9.00. The molecule has 1 atom stereocenters. The Morgan fingerprint density at radius 2 is 1.63 bits per heavy atom. The molecule has 0 aliphatic carbocycles. The Bertz CT molecular complexity index is 1050. The monoisotopic (exact) mass is 501 g/mol. The lowest BCUT2D eigenvalue weighted by atomic mass is 10.1. The van der Waals surface area contributed by atoms with Crippen molar-refractivity contribution in [1.29, 1.82) is 0 Å². The van der Waals surface area contributed by atoms with E-state index in [4.69, 9.17) is 0 Å². The third-order valence-corrected chi connectivity index (χ3v) is 6.93. The molecule has 2 amide bonds. The second kappa shape index (κ2) is 13.3. The molecule has 7 nitrogen and oxygen atoms in total. The minimum absolute atomic E-state index is 0.138. The number of carbonyl (C=O) groups is 2. The summed E-state index contributed by atoms with van der Waals surface area (Å²) in [7, 11) is -3.49. The summed E-state index contributed by atoms with van der Waals surface area (Å²) in [5, 5.41) is 2.96. The van der Waals surface area contributed by atoms with Gasteiger partial charge >= 0.3 is 0 Å². The zero-order valence-electron chi connectivity index (χ0n) is 21.5. The topological polar surface area (TPSA) is 86.8 Å². The number of para-hydroxylation sites is 1. The summed E-state index contributed by atoms with van der Waals surface area (Å²) < 4.78 is 26.0. The molecule has 192 valence electrons. The molecular formula is C27H39N3O4S. The third-order valence-electron chi connectivity index (χ3n) is 5.74. The van der Waals surface area contributed by atoms with Crippen molar-refractivity contribution < 1.29 is 18.0 Å². The Morgan fingerprint density at radius 1 is 1.00 bits per heavy atom. The van der Waals surface area contributed by atoms with Gasteiger partial charge in [-0.05, 0) is 43.4 Å². The van der Waals surface area contributed by atoms with Crippen LogP contribution in [-0.2, 0) is 26.2 Å². The van der Waals surface area contributed by atoms with Gasteiger partial charge in [-0.25, -0.2) is 8.42 Å². The fourth-order valence-electron chi connectivity index (χ4n) is 3.83. The molecule has 0 aliphatic heterocycles. The molecule has 8 heteroatoms. The van der Waals surface area contributed by atoms with Crippen LogP contribution in [0.5, 0.6) is 0 Å². The zero-order chi connectivity index (χ0) is 26.0. The molecule has 1 N–H and O–H groups in total. The number of hydrogen-bond donors (Lipinski definition) is 1. The second-order valence-electron chi connectivity index (χ2n) is 9.34. The average Bonchev–Trinajstić information content (AvgIpc) is 2.81. The van der Waals surface area contributed by atoms with E-state index in [0.717, 1.165) is 17.4 Å². The highest BCUT2D eigenvalue weighted by atomic mass is 32.2. The van der Waals surface area contributed by atoms with Gasteiger partial charge in [-0.1, -0.05) is 68.8 Å². The highest BCUT2D eigenvalue weighted by Crippen LogP contribution is 2.19. The summed E-state index contributed by atoms with van der Waals surface area (Å²) in [6.07, 6.45) is 2.13. The highest BCUT2D eigenvalue weighted by molar-refractivity contribution is 7.92. The van der Waals surface area contributed by atoms with Crippen LogP contribution in [-0.4, -0.2) is 50.5 Å². The van der Waals surface area contributed by atoms with Gasteiger partial charge in [-0.2, -0.15) is 0 Å². The van der Waals surface area contributed by atoms with Crippen LogP contribution >= 0.6 is 0 Å². The molecule has 1 unspecified atom stereocenters. The Kier molecular flexibility index (Phi) is 10.8. The normalized spacial score (nSPS) is 12.3. The summed E-state index contributed by atoms with van der Waals surface area (Å²) in [5.74, 6) is -0.0278. The van der Waals surface area contributed by atoms with Crippen LogP contribution < -0.4 is 9.62 Å². The number of benzene rings is 2. The predicted molar refractivity (Wildman–Crippen MR) is 142 cm³/mol. The van der Waals surface area contributed by atoms with Crippen LogP contribution in [0.1, 0.15) is 51.2 Å². The fraction of sp³-hybridized carbons (Fsp3) is 0.481. The first-order chi connectivity index (χ1) is 16.5. The van der Waals surface area contributed by atoms with Gasteiger partial charge in [0, 0.05) is 26.1 Å². The van der Waals surface area contributed by atoms with Gasteiger partial charge in [0.15, 0.2) is 0 Å². The lowest BCUT2D eigenvalue weighted by molar-refractivity contribution is -0.141. The van der Waals surface area contributed by atoms with Gasteiger partial charge in [0.2, 0.25) is 21.8 Å². The maximum atomic E-state index is 13.4. The Hall–Kier alpha value is -2.87. The molecule has 35 heavy (non-hydrogen) atoms. The van der Waals surface area contributed by atoms with E-state index in [1.54, 1.807) is 29.2 Å². The lowest BCUT2D eigenvalue weighted by Crippen LogP contribution is -2.49. The molecule has 2 aromatic rings. The van der Waals surface area contributed by atoms with E-state index in [1.807, 2.05) is 58.0 Å². The van der Waals surface area contributed by atoms with Crippen molar-refractivity contribution in [1.82, 2.24) is 10.2 Å². The molecule has 0 aromatic heterocycles. The van der Waals surface area contributed by atoms with E-state index in [-0.39, 0.29) is 24.8 Å². The first-order valence-electron chi connectivity index (χ1n) is 12.2. The van der Waals surface area contributed by atoms with Crippen molar-refractivity contribution >= 4 is 27.5 Å². The SMILES string of the molecule is CCC(C(=O)NCC(C)C)N(Cc1ccc(C)cc1)C(=O)CCCN(c1ccccc1)S(C)(=O)=O. The van der Waals surface area contributed by atoms with E-state index < -0.39 is 16.1 Å². The van der Waals surface area contributed by atoms with Gasteiger partial charge in [0.1, 0.15) is 6.04 Å². The molecule has 0 fully saturated rings. The van der Waals surface area contributed by atoms with Gasteiger partial charge in [0.25, 0.3) is 0 Å². The predicted octanol–water partition coefficient (Wildman–Crippen LogP) is 4.12. The Balaban J connectivity index is 2.18. The lowest BCUT2D eigenvalue weighted by Gasteiger charge is -2.31. The molecule has 0 spiro atoms. The zero-order valence-corrected chi connectivity index (χ0v) is 22.3. The Labute approximate surface area is 210 Å². The first-order valence-corrected chi connectivity index (χ1v) is 14.0. The third kappa shape index (κ3) is 9.02. The molecule has 0 bridgehead atoms. The van der Waals surface area contributed by atoms with Crippen molar-refractivity contribution in [2.24, 2.45) is 5.92 Å². The largest absolute Gasteiger partial charge is 0.354 e. The second-order valence-corrected chi connectivity index (χ2v) is 11.3. The van der Waals surface area contributed by atoms with Gasteiger partial charge in [-0.15, -0.1) is 0 Å². The Morgan fingerprint density at radius 3 is 2.17 bits per heavy atom. The smallest absolute Gasteiger partial charge is 0.242 e. The number of hydrogen-bond acceptors (Lipinski definition) is 4. The number of rotatable bonds is 13. The standard InChI is InChI=1S/C27H39N3O4S/c1-6-25(27(32)28-19-21(2)3)29(20-23-16-14-22(4)15-17-23)26(31)13-10-18-30(35(5,33)34)24-11-8-7-9-12-24/h7-9,11-12,14-17,21,25H,6,10,13,18-20H2,1-5H3,(H,28,32). The molecule has 0 radical (unpaired) electrons. The minimum Gasteiger partial charge on any atom is -0.354 e. The van der Waals surface area contributed by atoms with E-state index in [0.29, 0.717) is 37.5 Å². The molecule has 2 aromatic carbocycles. The summed E-state index contributed by atoms with van der Waals surface area (Å²) in [4.78, 5) is 28.0. The van der Waals surface area contributed by atoms with Crippen molar-refractivity contribution in [2.75, 3.05) is 23.7 Å². The average molecular weight is 502 g/mol. The van der Waals surface area contributed by atoms with Crippen LogP contribution in [0.25, 0.3) is 0 Å². The van der Waals surface area contributed by atoms with E-state index in [9.17, 15) is 18.0 Å². The molecular weight excluding hydrogens is 462 g/mol. The number of anilines is 1. The summed E-state index contributed by atoms with van der Waals surface area (Å²) in [5.41, 5.74) is 2.63. The maximum Gasteiger partial charge on any atom is 0.242 e. The van der Waals surface area contributed by atoms with Crippen LogP contribution in [0.4, 0.5) is 5.69 Å². The van der Waals surface area contributed by atoms with Crippen LogP contribution in [0, 0.1) is 12.8 Å².